The summed E-state index contributed by atoms with van der Waals surface area (Å²) in [5.41, 5.74) is 0.482. The van der Waals surface area contributed by atoms with Crippen molar-refractivity contribution in [3.8, 4) is 11.5 Å². The van der Waals surface area contributed by atoms with E-state index in [1.165, 1.54) is 12.1 Å². The number of halogens is 4. The van der Waals surface area contributed by atoms with E-state index >= 15 is 0 Å². The van der Waals surface area contributed by atoms with Crippen LogP contribution in [0.2, 0.25) is 5.02 Å². The predicted molar refractivity (Wildman–Crippen MR) is 65.7 cm³/mol. The fourth-order valence-electron chi connectivity index (χ4n) is 1.58. The molecule has 3 rings (SSSR count). The van der Waals surface area contributed by atoms with Crippen molar-refractivity contribution in [2.24, 2.45) is 0 Å². The van der Waals surface area contributed by atoms with Crippen molar-refractivity contribution in [2.75, 3.05) is 0 Å². The van der Waals surface area contributed by atoms with Gasteiger partial charge >= 0.3 is 6.29 Å². The molecule has 7 heteroatoms. The number of aromatic nitrogens is 1. The molecular weight excluding hydrogens is 366 g/mol. The van der Waals surface area contributed by atoms with Crippen LogP contribution in [0.15, 0.2) is 18.3 Å². The summed E-state index contributed by atoms with van der Waals surface area (Å²) in [6, 6.07) is 2.79. The van der Waals surface area contributed by atoms with E-state index in [1.807, 2.05) is 22.6 Å². The number of fused-ring (bicyclic) bond motifs is 2. The summed E-state index contributed by atoms with van der Waals surface area (Å²) in [5.74, 6) is -0.0690. The summed E-state index contributed by atoms with van der Waals surface area (Å²) in [7, 11) is 0. The van der Waals surface area contributed by atoms with Crippen LogP contribution in [0.5, 0.6) is 11.5 Å². The molecule has 2 heterocycles. The van der Waals surface area contributed by atoms with Crippen molar-refractivity contribution in [3.05, 3.63) is 26.9 Å². The van der Waals surface area contributed by atoms with Gasteiger partial charge in [-0.2, -0.15) is 0 Å². The van der Waals surface area contributed by atoms with Crippen molar-refractivity contribution >= 4 is 45.1 Å². The Morgan fingerprint density at radius 2 is 1.88 bits per heavy atom. The molecule has 0 N–H and O–H groups in total. The molecule has 0 aliphatic carbocycles. The number of hydrogen-bond donors (Lipinski definition) is 0. The molecule has 0 saturated carbocycles. The number of hydrogen-bond acceptors (Lipinski definition) is 3. The van der Waals surface area contributed by atoms with E-state index in [0.717, 1.165) is 3.57 Å². The third-order valence-electron chi connectivity index (χ3n) is 2.28. The van der Waals surface area contributed by atoms with Crippen LogP contribution in [0.1, 0.15) is 0 Å². The van der Waals surface area contributed by atoms with Gasteiger partial charge in [0, 0.05) is 17.6 Å². The molecule has 0 unspecified atom stereocenters. The molecule has 2 aromatic rings. The van der Waals surface area contributed by atoms with Gasteiger partial charge in [0.2, 0.25) is 0 Å². The zero-order chi connectivity index (χ0) is 12.2. The van der Waals surface area contributed by atoms with Gasteiger partial charge in [0.15, 0.2) is 11.5 Å². The average molecular weight is 369 g/mol. The van der Waals surface area contributed by atoms with Crippen LogP contribution in [0.3, 0.4) is 0 Å². The van der Waals surface area contributed by atoms with Crippen LogP contribution in [0.25, 0.3) is 10.9 Å². The van der Waals surface area contributed by atoms with E-state index in [2.05, 4.69) is 14.5 Å². The number of alkyl halides is 2. The minimum absolute atomic E-state index is 0.0341. The minimum atomic E-state index is -3.63. The normalized spacial score (nSPS) is 16.5. The van der Waals surface area contributed by atoms with E-state index in [4.69, 9.17) is 11.6 Å². The summed E-state index contributed by atoms with van der Waals surface area (Å²) in [4.78, 5) is 4.09. The van der Waals surface area contributed by atoms with E-state index in [0.29, 0.717) is 15.9 Å². The second-order valence-electron chi connectivity index (χ2n) is 3.40. The van der Waals surface area contributed by atoms with Gasteiger partial charge in [-0.25, -0.2) is 0 Å². The van der Waals surface area contributed by atoms with Crippen LogP contribution in [0, 0.1) is 3.57 Å². The second kappa shape index (κ2) is 3.55. The molecule has 0 fully saturated rings. The average Bonchev–Trinajstić information content (AvgIpc) is 2.54. The van der Waals surface area contributed by atoms with Gasteiger partial charge in [0.1, 0.15) is 0 Å². The summed E-state index contributed by atoms with van der Waals surface area (Å²) >= 11 is 8.08. The zero-order valence-corrected chi connectivity index (χ0v) is 10.9. The molecule has 3 nitrogen and oxygen atoms in total. The number of pyridine rings is 1. The maximum atomic E-state index is 12.9. The summed E-state index contributed by atoms with van der Waals surface area (Å²) in [6.45, 7) is 0. The standard InChI is InChI=1S/C10H3ClF2INO2/c11-9-4-1-7-8(17-10(12,13)16-7)2-6(4)15-3-5(9)14/h1-3H. The van der Waals surface area contributed by atoms with Crippen LogP contribution >= 0.6 is 34.2 Å². The van der Waals surface area contributed by atoms with Crippen molar-refractivity contribution in [1.82, 2.24) is 4.98 Å². The van der Waals surface area contributed by atoms with Crippen molar-refractivity contribution in [2.45, 2.75) is 6.29 Å². The molecule has 0 bridgehead atoms. The van der Waals surface area contributed by atoms with Crippen molar-refractivity contribution in [3.63, 3.8) is 0 Å². The molecule has 1 aliphatic rings. The molecule has 1 aromatic carbocycles. The Hall–Kier alpha value is -0.890. The Bertz CT molecular complexity index is 635. The van der Waals surface area contributed by atoms with Gasteiger partial charge in [0.25, 0.3) is 0 Å². The summed E-state index contributed by atoms with van der Waals surface area (Å²) < 4.78 is 35.2. The molecule has 0 saturated heterocycles. The lowest BCUT2D eigenvalue weighted by Gasteiger charge is -2.04. The van der Waals surface area contributed by atoms with Crippen molar-refractivity contribution in [1.29, 1.82) is 0 Å². The zero-order valence-electron chi connectivity index (χ0n) is 8.01. The van der Waals surface area contributed by atoms with Gasteiger partial charge in [-0.15, -0.1) is 8.78 Å². The lowest BCUT2D eigenvalue weighted by molar-refractivity contribution is -0.286. The molecule has 0 atom stereocenters. The lowest BCUT2D eigenvalue weighted by atomic mass is 10.2. The van der Waals surface area contributed by atoms with Gasteiger partial charge in [-0.3, -0.25) is 4.98 Å². The van der Waals surface area contributed by atoms with E-state index in [1.54, 1.807) is 6.20 Å². The molecular formula is C10H3ClF2INO2. The number of rotatable bonds is 0. The van der Waals surface area contributed by atoms with Crippen LogP contribution in [-0.4, -0.2) is 11.3 Å². The molecule has 0 spiro atoms. The van der Waals surface area contributed by atoms with Crippen LogP contribution in [-0.2, 0) is 0 Å². The van der Waals surface area contributed by atoms with E-state index in [9.17, 15) is 8.78 Å². The Balaban J connectivity index is 2.27. The fraction of sp³-hybridized carbons (Fsp3) is 0.100. The second-order valence-corrected chi connectivity index (χ2v) is 4.94. The molecule has 0 amide bonds. The van der Waals surface area contributed by atoms with E-state index in [-0.39, 0.29) is 11.5 Å². The highest BCUT2D eigenvalue weighted by molar-refractivity contribution is 14.1. The van der Waals surface area contributed by atoms with Gasteiger partial charge in [-0.1, -0.05) is 11.6 Å². The van der Waals surface area contributed by atoms with Gasteiger partial charge in [-0.05, 0) is 28.7 Å². The molecule has 1 aromatic heterocycles. The monoisotopic (exact) mass is 369 g/mol. The first-order chi connectivity index (χ1) is 7.96. The first-order valence-corrected chi connectivity index (χ1v) is 5.95. The molecule has 1 aliphatic heterocycles. The van der Waals surface area contributed by atoms with Gasteiger partial charge in [0.05, 0.1) is 14.1 Å². The quantitative estimate of drug-likeness (QED) is 0.662. The Labute approximate surface area is 113 Å². The number of nitrogens with zero attached hydrogens (tertiary/aromatic N) is 1. The third kappa shape index (κ3) is 1.79. The molecule has 17 heavy (non-hydrogen) atoms. The Morgan fingerprint density at radius 1 is 1.24 bits per heavy atom. The number of ether oxygens (including phenoxy) is 2. The predicted octanol–water partition coefficient (Wildman–Crippen LogP) is 3.81. The maximum absolute atomic E-state index is 12.9. The highest BCUT2D eigenvalue weighted by Gasteiger charge is 2.43. The minimum Gasteiger partial charge on any atom is -0.395 e. The highest BCUT2D eigenvalue weighted by Crippen LogP contribution is 2.44. The Kier molecular flexibility index (Phi) is 2.34. The smallest absolute Gasteiger partial charge is 0.395 e. The first-order valence-electron chi connectivity index (χ1n) is 4.50. The van der Waals surface area contributed by atoms with Gasteiger partial charge < -0.3 is 9.47 Å². The van der Waals surface area contributed by atoms with E-state index < -0.39 is 6.29 Å². The van der Waals surface area contributed by atoms with Crippen molar-refractivity contribution < 1.29 is 18.3 Å². The maximum Gasteiger partial charge on any atom is 0.586 e. The molecule has 88 valence electrons. The molecule has 0 radical (unpaired) electrons. The number of benzene rings is 1. The van der Waals surface area contributed by atoms with Crippen LogP contribution < -0.4 is 9.47 Å². The first kappa shape index (κ1) is 11.2. The SMILES string of the molecule is FC1(F)Oc2cc3ncc(I)c(Cl)c3cc2O1. The highest BCUT2D eigenvalue weighted by atomic mass is 127. The summed E-state index contributed by atoms with van der Waals surface area (Å²) in [6.07, 6.45) is -2.06. The third-order valence-corrected chi connectivity index (χ3v) is 3.83. The van der Waals surface area contributed by atoms with Crippen LogP contribution in [0.4, 0.5) is 8.78 Å². The Morgan fingerprint density at radius 3 is 2.59 bits per heavy atom. The summed E-state index contributed by atoms with van der Waals surface area (Å²) in [5, 5.41) is 1.01. The topological polar surface area (TPSA) is 31.4 Å². The lowest BCUT2D eigenvalue weighted by Crippen LogP contribution is -2.25. The fourth-order valence-corrected chi connectivity index (χ4v) is 2.21. The largest absolute Gasteiger partial charge is 0.586 e.